The van der Waals surface area contributed by atoms with Crippen molar-refractivity contribution in [2.45, 2.75) is 29.9 Å². The van der Waals surface area contributed by atoms with Gasteiger partial charge in [0, 0.05) is 9.80 Å². The molecule has 0 spiro atoms. The highest BCUT2D eigenvalue weighted by atomic mass is 32.2. The molecule has 0 bridgehead atoms. The van der Waals surface area contributed by atoms with Gasteiger partial charge in [-0.1, -0.05) is 37.2 Å². The molecular formula is C16H17NOS2. The summed E-state index contributed by atoms with van der Waals surface area (Å²) in [7, 11) is 0. The summed E-state index contributed by atoms with van der Waals surface area (Å²) in [5, 5.41) is 3.41. The molecular weight excluding hydrogens is 286 g/mol. The summed E-state index contributed by atoms with van der Waals surface area (Å²) in [6.45, 7) is 2.18. The van der Waals surface area contributed by atoms with Gasteiger partial charge in [0.15, 0.2) is 5.78 Å². The summed E-state index contributed by atoms with van der Waals surface area (Å²) in [5.74, 6) is 1.26. The summed E-state index contributed by atoms with van der Waals surface area (Å²) >= 11 is 3.51. The van der Waals surface area contributed by atoms with Crippen LogP contribution >= 0.6 is 23.5 Å². The van der Waals surface area contributed by atoms with Crippen molar-refractivity contribution in [1.82, 2.24) is 0 Å². The van der Waals surface area contributed by atoms with E-state index in [1.807, 2.05) is 18.2 Å². The van der Waals surface area contributed by atoms with E-state index in [1.165, 1.54) is 11.3 Å². The average Bonchev–Trinajstić information content (AvgIpc) is 2.48. The minimum absolute atomic E-state index is 0.0348. The van der Waals surface area contributed by atoms with Crippen molar-refractivity contribution in [2.24, 2.45) is 0 Å². The number of para-hydroxylation sites is 1. The van der Waals surface area contributed by atoms with Gasteiger partial charge in [-0.3, -0.25) is 4.79 Å². The lowest BCUT2D eigenvalue weighted by Gasteiger charge is -2.29. The molecule has 3 rings (SSSR count). The number of allylic oxidation sites excluding steroid dienone is 2. The Morgan fingerprint density at radius 3 is 3.00 bits per heavy atom. The number of anilines is 1. The third kappa shape index (κ3) is 2.67. The number of rotatable bonds is 4. The highest BCUT2D eigenvalue weighted by molar-refractivity contribution is 8.06. The number of hydrogen-bond donors (Lipinski definition) is 1. The van der Waals surface area contributed by atoms with Gasteiger partial charge < -0.3 is 5.32 Å². The van der Waals surface area contributed by atoms with Crippen molar-refractivity contribution in [1.29, 1.82) is 0 Å². The van der Waals surface area contributed by atoms with Crippen LogP contribution in [0.4, 0.5) is 5.69 Å². The van der Waals surface area contributed by atoms with E-state index < -0.39 is 0 Å². The van der Waals surface area contributed by atoms with E-state index in [1.54, 1.807) is 29.6 Å². The van der Waals surface area contributed by atoms with Crippen molar-refractivity contribution in [3.8, 4) is 0 Å². The number of fused-ring (bicyclic) bond motifs is 1. The molecule has 1 unspecified atom stereocenters. The van der Waals surface area contributed by atoms with E-state index >= 15 is 0 Å². The van der Waals surface area contributed by atoms with E-state index in [0.29, 0.717) is 0 Å². The first-order chi connectivity index (χ1) is 9.79. The van der Waals surface area contributed by atoms with Crippen molar-refractivity contribution < 1.29 is 4.79 Å². The first-order valence-electron chi connectivity index (χ1n) is 6.91. The van der Waals surface area contributed by atoms with Crippen LogP contribution < -0.4 is 5.32 Å². The second-order valence-corrected chi connectivity index (χ2v) is 7.14. The smallest absolute Gasteiger partial charge is 0.173 e. The zero-order valence-electron chi connectivity index (χ0n) is 11.4. The molecule has 0 aromatic heterocycles. The molecule has 4 heteroatoms. The molecule has 1 aromatic rings. The molecule has 0 amide bonds. The molecule has 1 N–H and O–H groups in total. The molecule has 1 aliphatic heterocycles. The maximum Gasteiger partial charge on any atom is 0.173 e. The fourth-order valence-electron chi connectivity index (χ4n) is 2.24. The molecule has 104 valence electrons. The number of hydrogen-bond acceptors (Lipinski definition) is 4. The van der Waals surface area contributed by atoms with Crippen molar-refractivity contribution in [3.05, 3.63) is 47.0 Å². The van der Waals surface area contributed by atoms with E-state index in [9.17, 15) is 4.79 Å². The highest BCUT2D eigenvalue weighted by Gasteiger charge is 2.31. The maximum absolute atomic E-state index is 12.2. The van der Waals surface area contributed by atoms with E-state index in [4.69, 9.17) is 0 Å². The van der Waals surface area contributed by atoms with Crippen LogP contribution in [0.15, 0.2) is 51.9 Å². The fourth-order valence-corrected chi connectivity index (χ4v) is 4.87. The Kier molecular flexibility index (Phi) is 4.22. The number of ketones is 1. The van der Waals surface area contributed by atoms with Crippen molar-refractivity contribution in [3.63, 3.8) is 0 Å². The third-order valence-electron chi connectivity index (χ3n) is 3.33. The predicted molar refractivity (Wildman–Crippen MR) is 88.2 cm³/mol. The molecule has 1 atom stereocenters. The van der Waals surface area contributed by atoms with E-state index in [2.05, 4.69) is 24.4 Å². The standard InChI is InChI=1S/C16H17NOS2/c1-2-3-10-19-16-13(18)9-8-12-15(16)20-14-7-5-4-6-11(14)17-12/h4-9,16-17H,2-3,10H2,1H3. The van der Waals surface area contributed by atoms with Gasteiger partial charge in [-0.15, -0.1) is 11.8 Å². The summed E-state index contributed by atoms with van der Waals surface area (Å²) in [6.07, 6.45) is 5.96. The van der Waals surface area contributed by atoms with Gasteiger partial charge >= 0.3 is 0 Å². The number of benzene rings is 1. The van der Waals surface area contributed by atoms with Gasteiger partial charge in [0.25, 0.3) is 0 Å². The minimum Gasteiger partial charge on any atom is -0.354 e. The molecule has 2 nitrogen and oxygen atoms in total. The summed E-state index contributed by atoms with van der Waals surface area (Å²) in [4.78, 5) is 14.5. The Morgan fingerprint density at radius 2 is 2.15 bits per heavy atom. The second-order valence-electron chi connectivity index (χ2n) is 4.84. The van der Waals surface area contributed by atoms with Crippen molar-refractivity contribution in [2.75, 3.05) is 11.1 Å². The lowest BCUT2D eigenvalue weighted by atomic mass is 10.1. The number of thioether (sulfide) groups is 2. The largest absolute Gasteiger partial charge is 0.354 e. The van der Waals surface area contributed by atoms with Crippen LogP contribution in [0.5, 0.6) is 0 Å². The summed E-state index contributed by atoms with van der Waals surface area (Å²) < 4.78 is 0. The van der Waals surface area contributed by atoms with Gasteiger partial charge in [0.05, 0.1) is 11.4 Å². The number of nitrogens with one attached hydrogen (secondary N) is 1. The molecule has 20 heavy (non-hydrogen) atoms. The molecule has 2 aliphatic rings. The summed E-state index contributed by atoms with van der Waals surface area (Å²) in [5.41, 5.74) is 2.22. The first kappa shape index (κ1) is 13.8. The Bertz CT molecular complexity index is 592. The van der Waals surface area contributed by atoms with Gasteiger partial charge in [-0.05, 0) is 36.5 Å². The van der Waals surface area contributed by atoms with Gasteiger partial charge in [0.2, 0.25) is 0 Å². The second kappa shape index (κ2) is 6.10. The lowest BCUT2D eigenvalue weighted by molar-refractivity contribution is -0.113. The molecule has 1 aromatic carbocycles. The van der Waals surface area contributed by atoms with Crippen LogP contribution in [0.3, 0.4) is 0 Å². The van der Waals surface area contributed by atoms with Crippen LogP contribution in [-0.4, -0.2) is 16.8 Å². The van der Waals surface area contributed by atoms with E-state index in [0.717, 1.165) is 28.5 Å². The third-order valence-corrected chi connectivity index (χ3v) is 6.06. The van der Waals surface area contributed by atoms with Gasteiger partial charge in [0.1, 0.15) is 5.25 Å². The fraction of sp³-hybridized carbons (Fsp3) is 0.312. The average molecular weight is 303 g/mol. The normalized spacial score (nSPS) is 20.4. The highest BCUT2D eigenvalue weighted by Crippen LogP contribution is 2.45. The molecule has 0 fully saturated rings. The molecule has 0 saturated carbocycles. The molecule has 1 heterocycles. The summed E-state index contributed by atoms with van der Waals surface area (Å²) in [6, 6.07) is 8.25. The number of carbonyl (C=O) groups is 1. The number of carbonyl (C=O) groups excluding carboxylic acids is 1. The SMILES string of the molecule is CCCCSC1C(=O)C=CC2=C1Sc1ccccc1N2. The molecule has 0 saturated heterocycles. The maximum atomic E-state index is 12.2. The molecule has 0 radical (unpaired) electrons. The lowest BCUT2D eigenvalue weighted by Crippen LogP contribution is -2.25. The zero-order chi connectivity index (χ0) is 13.9. The van der Waals surface area contributed by atoms with Crippen LogP contribution in [-0.2, 0) is 4.79 Å². The monoisotopic (exact) mass is 303 g/mol. The van der Waals surface area contributed by atoms with Crippen molar-refractivity contribution >= 4 is 35.0 Å². The quantitative estimate of drug-likeness (QED) is 0.832. The minimum atomic E-state index is -0.0348. The van der Waals surface area contributed by atoms with Crippen LogP contribution in [0.2, 0.25) is 0 Å². The van der Waals surface area contributed by atoms with Gasteiger partial charge in [-0.2, -0.15) is 0 Å². The number of unbranched alkanes of at least 4 members (excludes halogenated alkanes) is 1. The Labute approximate surface area is 128 Å². The van der Waals surface area contributed by atoms with Crippen LogP contribution in [0.1, 0.15) is 19.8 Å². The zero-order valence-corrected chi connectivity index (χ0v) is 13.0. The Balaban J connectivity index is 1.85. The van der Waals surface area contributed by atoms with Crippen LogP contribution in [0, 0.1) is 0 Å². The predicted octanol–water partition coefficient (Wildman–Crippen LogP) is 4.46. The van der Waals surface area contributed by atoms with Gasteiger partial charge in [-0.25, -0.2) is 0 Å². The van der Waals surface area contributed by atoms with E-state index in [-0.39, 0.29) is 11.0 Å². The topological polar surface area (TPSA) is 29.1 Å². The van der Waals surface area contributed by atoms with Crippen LogP contribution in [0.25, 0.3) is 0 Å². The first-order valence-corrected chi connectivity index (χ1v) is 8.77. The molecule has 1 aliphatic carbocycles. The Morgan fingerprint density at radius 1 is 1.30 bits per heavy atom. The Hall–Kier alpha value is -1.13.